The van der Waals surface area contributed by atoms with Crippen molar-refractivity contribution in [2.45, 2.75) is 32.1 Å². The number of hydrogen-bond donors (Lipinski definition) is 0. The van der Waals surface area contributed by atoms with Crippen molar-refractivity contribution in [1.29, 1.82) is 0 Å². The summed E-state index contributed by atoms with van der Waals surface area (Å²) < 4.78 is 0.185. The molecule has 0 atom stereocenters. The van der Waals surface area contributed by atoms with Gasteiger partial charge < -0.3 is 0 Å². The second-order valence-electron chi connectivity index (χ2n) is 3.42. The van der Waals surface area contributed by atoms with Crippen molar-refractivity contribution < 1.29 is 56.5 Å². The van der Waals surface area contributed by atoms with Crippen molar-refractivity contribution in [3.63, 3.8) is 0 Å². The van der Waals surface area contributed by atoms with E-state index in [-0.39, 0.29) is 56.0 Å². The first kappa shape index (κ1) is 16.0. The first-order valence-electron chi connectivity index (χ1n) is 5.03. The zero-order valence-electron chi connectivity index (χ0n) is 9.24. The normalized spacial score (nSPS) is 9.33. The second-order valence-corrected chi connectivity index (χ2v) is 4.37. The summed E-state index contributed by atoms with van der Waals surface area (Å²) in [6.45, 7) is 0. The molecule has 0 aliphatic carbocycles. The third kappa shape index (κ3) is 8.81. The molecule has 0 aliphatic heterocycles. The number of unbranched alkanes of at least 4 members (excludes halogenated alkanes) is 2. The van der Waals surface area contributed by atoms with E-state index in [1.54, 1.807) is 0 Å². The van der Waals surface area contributed by atoms with Gasteiger partial charge in [-0.25, -0.2) is 0 Å². The topological polar surface area (TPSA) is 23.1 Å². The molecule has 0 radical (unpaired) electrons. The van der Waals surface area contributed by atoms with Crippen molar-refractivity contribution >= 4 is 20.2 Å². The standard InChI is InChI=1S/C12H16OSe.K/c13-12(14)10-6-2-5-9-11-7-3-1-4-8-11;/h1,3-4,7-8H,2,5-6,9-10H2,(H,13,14);/q;+1/p-1. The molecule has 76 valence electrons. The zero-order valence-corrected chi connectivity index (χ0v) is 14.1. The fourth-order valence-corrected chi connectivity index (χ4v) is 1.72. The van der Waals surface area contributed by atoms with Crippen molar-refractivity contribution in [3.8, 4) is 0 Å². The minimum absolute atomic E-state index is 0. The van der Waals surface area contributed by atoms with Crippen molar-refractivity contribution in [3.05, 3.63) is 35.9 Å². The van der Waals surface area contributed by atoms with Gasteiger partial charge in [0.05, 0.1) is 0 Å². The van der Waals surface area contributed by atoms with Crippen LogP contribution in [0.25, 0.3) is 0 Å². The summed E-state index contributed by atoms with van der Waals surface area (Å²) in [5, 5.41) is 10.6. The third-order valence-electron chi connectivity index (χ3n) is 2.19. The van der Waals surface area contributed by atoms with E-state index >= 15 is 0 Å². The molecule has 1 rings (SSSR count). The zero-order chi connectivity index (χ0) is 10.2. The molecule has 0 amide bonds. The first-order chi connectivity index (χ1) is 6.79. The fourth-order valence-electron chi connectivity index (χ4n) is 1.42. The van der Waals surface area contributed by atoms with Crippen LogP contribution in [0.15, 0.2) is 30.3 Å². The summed E-state index contributed by atoms with van der Waals surface area (Å²) in [4.78, 5) is 0. The predicted molar refractivity (Wildman–Crippen MR) is 59.4 cm³/mol. The molecule has 1 nitrogen and oxygen atoms in total. The minimum atomic E-state index is 0. The van der Waals surface area contributed by atoms with Gasteiger partial charge >= 0.3 is 145 Å². The Morgan fingerprint density at radius 2 is 1.73 bits per heavy atom. The molecular weight excluding hydrogens is 278 g/mol. The van der Waals surface area contributed by atoms with Gasteiger partial charge in [-0.15, -0.1) is 0 Å². The van der Waals surface area contributed by atoms with Gasteiger partial charge in [0.1, 0.15) is 0 Å². The van der Waals surface area contributed by atoms with Crippen LogP contribution in [0, 0.1) is 0 Å². The molecule has 0 bridgehead atoms. The van der Waals surface area contributed by atoms with Crippen LogP contribution in [0.5, 0.6) is 0 Å². The Morgan fingerprint density at radius 1 is 1.07 bits per heavy atom. The molecule has 0 unspecified atom stereocenters. The van der Waals surface area contributed by atoms with Gasteiger partial charge in [0, 0.05) is 0 Å². The molecule has 0 aliphatic rings. The molecule has 0 fully saturated rings. The van der Waals surface area contributed by atoms with Crippen molar-refractivity contribution in [1.82, 2.24) is 0 Å². The van der Waals surface area contributed by atoms with Gasteiger partial charge in [-0.2, -0.15) is 0 Å². The average Bonchev–Trinajstić information content (AvgIpc) is 2.18. The van der Waals surface area contributed by atoms with Gasteiger partial charge in [-0.05, 0) is 0 Å². The molecule has 0 heterocycles. The molecule has 3 heteroatoms. The second kappa shape index (κ2) is 10.2. The van der Waals surface area contributed by atoms with Crippen molar-refractivity contribution in [2.75, 3.05) is 0 Å². The van der Waals surface area contributed by atoms with Crippen LogP contribution in [0.3, 0.4) is 0 Å². The van der Waals surface area contributed by atoms with Crippen LogP contribution in [0.1, 0.15) is 31.2 Å². The maximum atomic E-state index is 10.6. The van der Waals surface area contributed by atoms with Crippen LogP contribution < -0.4 is 56.5 Å². The van der Waals surface area contributed by atoms with E-state index in [9.17, 15) is 5.11 Å². The molecule has 0 saturated heterocycles. The van der Waals surface area contributed by atoms with Crippen LogP contribution in [0.4, 0.5) is 0 Å². The summed E-state index contributed by atoms with van der Waals surface area (Å²) in [6.07, 6.45) is 5.15. The van der Waals surface area contributed by atoms with Crippen LogP contribution in [0.2, 0.25) is 0 Å². The monoisotopic (exact) mass is 294 g/mol. The molecule has 0 spiro atoms. The molecular formula is C12H15KOSe. The Kier molecular flexibility index (Phi) is 10.9. The van der Waals surface area contributed by atoms with Gasteiger partial charge in [-0.3, -0.25) is 0 Å². The number of benzene rings is 1. The first-order valence-corrected chi connectivity index (χ1v) is 5.88. The predicted octanol–water partition coefficient (Wildman–Crippen LogP) is -1.55. The number of aryl methyl sites for hydroxylation is 1. The van der Waals surface area contributed by atoms with Gasteiger partial charge in [-0.1, -0.05) is 0 Å². The van der Waals surface area contributed by atoms with E-state index in [4.69, 9.17) is 0 Å². The number of rotatable bonds is 6. The summed E-state index contributed by atoms with van der Waals surface area (Å²) in [5.41, 5.74) is 1.39. The van der Waals surface area contributed by atoms with E-state index in [1.165, 1.54) is 12.0 Å². The molecule has 1 aromatic carbocycles. The quantitative estimate of drug-likeness (QED) is 0.460. The van der Waals surface area contributed by atoms with E-state index < -0.39 is 0 Å². The average molecular weight is 293 g/mol. The van der Waals surface area contributed by atoms with E-state index in [0.717, 1.165) is 19.3 Å². The van der Waals surface area contributed by atoms with Gasteiger partial charge in [0.25, 0.3) is 0 Å². The van der Waals surface area contributed by atoms with Gasteiger partial charge in [0.15, 0.2) is 0 Å². The van der Waals surface area contributed by atoms with E-state index in [1.807, 2.05) is 6.07 Å². The molecule has 1 aromatic rings. The summed E-state index contributed by atoms with van der Waals surface area (Å²) in [7, 11) is 0. The maximum absolute atomic E-state index is 10.6. The SMILES string of the molecule is [K+].[O-]C(=[Se])CCCCCc1ccccc1. The Balaban J connectivity index is 0.00000196. The number of hydrogen-bond acceptors (Lipinski definition) is 1. The summed E-state index contributed by atoms with van der Waals surface area (Å²) in [6, 6.07) is 10.5. The van der Waals surface area contributed by atoms with E-state index in [0.29, 0.717) is 6.42 Å². The summed E-state index contributed by atoms with van der Waals surface area (Å²) in [5.74, 6) is 0. The van der Waals surface area contributed by atoms with E-state index in [2.05, 4.69) is 39.8 Å². The van der Waals surface area contributed by atoms with Crippen LogP contribution in [-0.4, -0.2) is 20.2 Å². The fraction of sp³-hybridized carbons (Fsp3) is 0.417. The molecule has 0 aromatic heterocycles. The van der Waals surface area contributed by atoms with Gasteiger partial charge in [0.2, 0.25) is 0 Å². The Labute approximate surface area is 142 Å². The molecule has 15 heavy (non-hydrogen) atoms. The molecule has 0 N–H and O–H groups in total. The van der Waals surface area contributed by atoms with Crippen LogP contribution >= 0.6 is 0 Å². The summed E-state index contributed by atoms with van der Waals surface area (Å²) >= 11 is 2.51. The Bertz CT molecular complexity index is 274. The Morgan fingerprint density at radius 3 is 2.33 bits per heavy atom. The van der Waals surface area contributed by atoms with Crippen molar-refractivity contribution in [2.24, 2.45) is 0 Å². The molecule has 0 saturated carbocycles. The third-order valence-corrected chi connectivity index (χ3v) is 2.62. The Hall–Kier alpha value is 1.05. The van der Waals surface area contributed by atoms with Crippen LogP contribution in [-0.2, 0) is 6.42 Å².